The lowest BCUT2D eigenvalue weighted by atomic mass is 10.2. The van der Waals surface area contributed by atoms with Crippen molar-refractivity contribution in [2.75, 3.05) is 30.2 Å². The van der Waals surface area contributed by atoms with Gasteiger partial charge in [0.05, 0.1) is 18.9 Å². The van der Waals surface area contributed by atoms with Crippen molar-refractivity contribution in [2.24, 2.45) is 5.10 Å². The van der Waals surface area contributed by atoms with Crippen molar-refractivity contribution in [1.29, 1.82) is 0 Å². The summed E-state index contributed by atoms with van der Waals surface area (Å²) in [5, 5.41) is 19.1. The molecular weight excluding hydrogens is 451 g/mol. The number of ether oxygens (including phenoxy) is 1. The Morgan fingerprint density at radius 1 is 1.03 bits per heavy atom. The maximum absolute atomic E-state index is 12.9. The molecule has 13 heteroatoms. The monoisotopic (exact) mass is 469 g/mol. The van der Waals surface area contributed by atoms with Crippen LogP contribution in [0, 0.1) is 0 Å². The number of hydrazone groups is 1. The predicted molar refractivity (Wildman–Crippen MR) is 117 cm³/mol. The van der Waals surface area contributed by atoms with Gasteiger partial charge >= 0.3 is 6.18 Å². The van der Waals surface area contributed by atoms with Crippen LogP contribution in [0.2, 0.25) is 0 Å². The Hall–Kier alpha value is -3.80. The molecule has 0 saturated heterocycles. The van der Waals surface area contributed by atoms with Crippen molar-refractivity contribution in [3.8, 4) is 11.5 Å². The Balaban J connectivity index is 0.00000363. The highest BCUT2D eigenvalue weighted by Crippen LogP contribution is 2.31. The van der Waals surface area contributed by atoms with Crippen LogP contribution in [-0.4, -0.2) is 40.4 Å². The Morgan fingerprint density at radius 2 is 1.75 bits per heavy atom. The van der Waals surface area contributed by atoms with E-state index in [9.17, 15) is 18.3 Å². The van der Waals surface area contributed by atoms with Crippen molar-refractivity contribution in [3.63, 3.8) is 0 Å². The second kappa shape index (κ2) is 10.5. The number of nitrogens with zero attached hydrogens (tertiary/aromatic N) is 4. The average molecular weight is 470 g/mol. The highest BCUT2D eigenvalue weighted by Gasteiger charge is 2.30. The molecule has 0 unspecified atom stereocenters. The van der Waals surface area contributed by atoms with Gasteiger partial charge in [-0.15, -0.1) is 12.4 Å². The van der Waals surface area contributed by atoms with E-state index in [1.807, 2.05) is 0 Å². The van der Waals surface area contributed by atoms with Gasteiger partial charge in [0.25, 0.3) is 0 Å². The summed E-state index contributed by atoms with van der Waals surface area (Å²) >= 11 is 0. The van der Waals surface area contributed by atoms with E-state index in [4.69, 9.17) is 4.74 Å². The van der Waals surface area contributed by atoms with E-state index in [1.165, 1.54) is 31.5 Å². The lowest BCUT2D eigenvalue weighted by molar-refractivity contribution is -0.137. The summed E-state index contributed by atoms with van der Waals surface area (Å²) in [6, 6.07) is 9.31. The summed E-state index contributed by atoms with van der Waals surface area (Å²) < 4.78 is 43.8. The number of hydrogen-bond donors (Lipinski definition) is 4. The normalized spacial score (nSPS) is 11.0. The number of methoxy groups -OCH3 is 1. The lowest BCUT2D eigenvalue weighted by Crippen LogP contribution is -2.08. The van der Waals surface area contributed by atoms with Crippen LogP contribution in [0.25, 0.3) is 0 Å². The fourth-order valence-corrected chi connectivity index (χ4v) is 2.44. The number of hydrogen-bond acceptors (Lipinski definition) is 9. The van der Waals surface area contributed by atoms with Crippen LogP contribution < -0.4 is 20.8 Å². The fraction of sp³-hybridized carbons (Fsp3) is 0.158. The van der Waals surface area contributed by atoms with Gasteiger partial charge in [-0.3, -0.25) is 0 Å². The van der Waals surface area contributed by atoms with Crippen LogP contribution in [0.4, 0.5) is 36.7 Å². The number of phenols is 1. The fourth-order valence-electron chi connectivity index (χ4n) is 2.44. The molecule has 1 heterocycles. The highest BCUT2D eigenvalue weighted by atomic mass is 35.5. The summed E-state index contributed by atoms with van der Waals surface area (Å²) in [6.45, 7) is 0. The predicted octanol–water partition coefficient (Wildman–Crippen LogP) is 4.26. The van der Waals surface area contributed by atoms with E-state index in [0.29, 0.717) is 5.56 Å². The molecule has 3 aromatic rings. The Kier molecular flexibility index (Phi) is 8.02. The zero-order valence-electron chi connectivity index (χ0n) is 16.8. The van der Waals surface area contributed by atoms with Gasteiger partial charge in [-0.1, -0.05) is 6.07 Å². The van der Waals surface area contributed by atoms with E-state index < -0.39 is 11.7 Å². The first-order valence-corrected chi connectivity index (χ1v) is 8.82. The van der Waals surface area contributed by atoms with Crippen LogP contribution in [0.1, 0.15) is 11.1 Å². The Morgan fingerprint density at radius 3 is 2.44 bits per heavy atom. The number of anilines is 4. The molecule has 1 aromatic heterocycles. The van der Waals surface area contributed by atoms with Crippen molar-refractivity contribution in [2.45, 2.75) is 6.18 Å². The average Bonchev–Trinajstić information content (AvgIpc) is 2.74. The first-order valence-electron chi connectivity index (χ1n) is 8.82. The quantitative estimate of drug-likeness (QED) is 0.299. The smallest absolute Gasteiger partial charge is 0.416 e. The van der Waals surface area contributed by atoms with Gasteiger partial charge in [0, 0.05) is 12.7 Å². The van der Waals surface area contributed by atoms with Gasteiger partial charge in [-0.25, -0.2) is 5.43 Å². The van der Waals surface area contributed by atoms with Crippen LogP contribution in [0.5, 0.6) is 11.5 Å². The molecule has 0 bridgehead atoms. The molecule has 170 valence electrons. The Bertz CT molecular complexity index is 1100. The topological polar surface area (TPSA) is 117 Å². The van der Waals surface area contributed by atoms with Crippen molar-refractivity contribution < 1.29 is 23.0 Å². The van der Waals surface area contributed by atoms with Crippen LogP contribution in [-0.2, 0) is 6.18 Å². The number of aromatic hydroxyl groups is 1. The van der Waals surface area contributed by atoms with E-state index in [-0.39, 0.29) is 47.4 Å². The second-order valence-electron chi connectivity index (χ2n) is 6.06. The van der Waals surface area contributed by atoms with E-state index >= 15 is 0 Å². The van der Waals surface area contributed by atoms with Gasteiger partial charge in [0.2, 0.25) is 17.8 Å². The molecule has 0 atom stereocenters. The van der Waals surface area contributed by atoms with E-state index in [0.717, 1.165) is 12.1 Å². The maximum atomic E-state index is 12.9. The van der Waals surface area contributed by atoms with Crippen molar-refractivity contribution in [1.82, 2.24) is 15.0 Å². The van der Waals surface area contributed by atoms with Gasteiger partial charge in [-0.2, -0.15) is 33.2 Å². The summed E-state index contributed by atoms with van der Waals surface area (Å²) in [5.41, 5.74) is 2.62. The van der Waals surface area contributed by atoms with E-state index in [1.54, 1.807) is 19.2 Å². The maximum Gasteiger partial charge on any atom is 0.416 e. The minimum absolute atomic E-state index is 0. The molecule has 0 spiro atoms. The summed E-state index contributed by atoms with van der Waals surface area (Å²) in [6.07, 6.45) is -3.02. The molecule has 32 heavy (non-hydrogen) atoms. The number of aromatic nitrogens is 3. The third-order valence-corrected chi connectivity index (χ3v) is 3.89. The van der Waals surface area contributed by atoms with Crippen LogP contribution in [0.15, 0.2) is 47.6 Å². The van der Waals surface area contributed by atoms with Gasteiger partial charge in [0.1, 0.15) is 0 Å². The number of benzene rings is 2. The van der Waals surface area contributed by atoms with Crippen molar-refractivity contribution in [3.05, 3.63) is 53.6 Å². The molecule has 2 aromatic carbocycles. The van der Waals surface area contributed by atoms with Crippen LogP contribution in [0.3, 0.4) is 0 Å². The number of alkyl halides is 3. The second-order valence-corrected chi connectivity index (χ2v) is 6.06. The molecule has 4 N–H and O–H groups in total. The molecular formula is C19H19ClF3N7O2. The largest absolute Gasteiger partial charge is 0.504 e. The molecule has 3 rings (SSSR count). The molecule has 0 saturated carbocycles. The SMILES string of the molecule is CNc1nc(N/N=C/c2ccc(O)c(OC)c2)nc(Nc2cccc(C(F)(F)F)c2)n1.Cl. The third-order valence-electron chi connectivity index (χ3n) is 3.89. The van der Waals surface area contributed by atoms with Gasteiger partial charge in [0.15, 0.2) is 11.5 Å². The molecule has 0 aliphatic carbocycles. The minimum atomic E-state index is -4.47. The third kappa shape index (κ3) is 6.35. The minimum Gasteiger partial charge on any atom is -0.504 e. The first-order chi connectivity index (χ1) is 14.8. The zero-order chi connectivity index (χ0) is 22.4. The highest BCUT2D eigenvalue weighted by molar-refractivity contribution is 5.85. The number of rotatable bonds is 7. The first kappa shape index (κ1) is 24.5. The molecule has 0 fully saturated rings. The lowest BCUT2D eigenvalue weighted by Gasteiger charge is -2.11. The molecule has 0 radical (unpaired) electrons. The molecule has 9 nitrogen and oxygen atoms in total. The summed E-state index contributed by atoms with van der Waals surface area (Å²) in [4.78, 5) is 12.3. The standard InChI is InChI=1S/C19H18F3N7O2.ClH/c1-23-16-26-17(25-13-5-3-4-12(9-13)19(20,21)22)28-18(27-16)29-24-10-11-6-7-14(30)15(8-11)31-2;/h3-10,30H,1-2H3,(H3,23,25,26,27,28,29);1H/b24-10+;. The van der Waals surface area contributed by atoms with Crippen molar-refractivity contribution >= 4 is 42.2 Å². The number of phenolic OH excluding ortho intramolecular Hbond substituents is 1. The van der Waals surface area contributed by atoms with Crippen LogP contribution >= 0.6 is 12.4 Å². The summed E-state index contributed by atoms with van der Waals surface area (Å²) in [7, 11) is 3.01. The molecule has 0 aliphatic heterocycles. The number of nitrogens with one attached hydrogen (secondary N) is 3. The molecule has 0 amide bonds. The van der Waals surface area contributed by atoms with Gasteiger partial charge < -0.3 is 20.5 Å². The van der Waals surface area contributed by atoms with Gasteiger partial charge in [-0.05, 0) is 42.0 Å². The number of halogens is 4. The van der Waals surface area contributed by atoms with E-state index in [2.05, 4.69) is 36.1 Å². The zero-order valence-corrected chi connectivity index (χ0v) is 17.6. The molecule has 0 aliphatic rings. The Labute approximate surface area is 187 Å². The summed E-state index contributed by atoms with van der Waals surface area (Å²) in [5.74, 6) is 0.523.